The van der Waals surface area contributed by atoms with Crippen molar-refractivity contribution in [3.05, 3.63) is 24.2 Å². The molecule has 0 unspecified atom stereocenters. The Morgan fingerprint density at radius 2 is 2.31 bits per heavy atom. The molecule has 0 aliphatic carbocycles. The fourth-order valence-corrected chi connectivity index (χ4v) is 0.552. The first-order valence-corrected chi connectivity index (χ1v) is 4.12. The van der Waals surface area contributed by atoms with Gasteiger partial charge in [0, 0.05) is 6.92 Å². The molecule has 1 aromatic rings. The number of hydrogen-bond donors (Lipinski definition) is 1. The fourth-order valence-electron chi connectivity index (χ4n) is 0.552. The number of nitrogens with zero attached hydrogens (tertiary/aromatic N) is 1. The highest BCUT2D eigenvalue weighted by atomic mass is 16.3. The number of carbonyl (C=O) groups is 1. The van der Waals surface area contributed by atoms with Crippen LogP contribution in [0.2, 0.25) is 0 Å². The van der Waals surface area contributed by atoms with Gasteiger partial charge in [0.2, 0.25) is 5.91 Å². The Labute approximate surface area is 77.6 Å². The lowest BCUT2D eigenvalue weighted by atomic mass is 10.5. The van der Waals surface area contributed by atoms with E-state index in [2.05, 4.69) is 10.5 Å². The molecule has 0 atom stereocenters. The van der Waals surface area contributed by atoms with Crippen molar-refractivity contribution in [2.24, 2.45) is 5.10 Å². The molecular weight excluding hydrogens is 168 g/mol. The molecule has 0 fully saturated rings. The monoisotopic (exact) mass is 182 g/mol. The molecule has 4 heteroatoms. The molecule has 0 radical (unpaired) electrons. The second-order valence-corrected chi connectivity index (χ2v) is 1.94. The van der Waals surface area contributed by atoms with Crippen LogP contribution in [0.4, 0.5) is 0 Å². The van der Waals surface area contributed by atoms with Crippen LogP contribution in [0.3, 0.4) is 0 Å². The maximum atomic E-state index is 10.3. The minimum Gasteiger partial charge on any atom is -0.463 e. The first kappa shape index (κ1) is 11.4. The maximum Gasteiger partial charge on any atom is 0.236 e. The zero-order valence-electron chi connectivity index (χ0n) is 8.07. The van der Waals surface area contributed by atoms with Gasteiger partial charge < -0.3 is 4.42 Å². The Morgan fingerprint density at radius 1 is 1.62 bits per heavy atom. The number of furan rings is 1. The summed E-state index contributed by atoms with van der Waals surface area (Å²) in [6.07, 6.45) is 2.97. The van der Waals surface area contributed by atoms with Crippen LogP contribution in [-0.2, 0) is 4.79 Å². The van der Waals surface area contributed by atoms with E-state index in [1.165, 1.54) is 19.4 Å². The molecule has 1 N–H and O–H groups in total. The quantitative estimate of drug-likeness (QED) is 0.559. The van der Waals surface area contributed by atoms with Gasteiger partial charge in [-0.25, -0.2) is 5.43 Å². The lowest BCUT2D eigenvalue weighted by Crippen LogP contribution is -2.12. The van der Waals surface area contributed by atoms with Crippen LogP contribution in [0, 0.1) is 0 Å². The van der Waals surface area contributed by atoms with E-state index in [4.69, 9.17) is 4.42 Å². The molecule has 0 spiro atoms. The van der Waals surface area contributed by atoms with Gasteiger partial charge in [-0.05, 0) is 12.1 Å². The number of hydrogen-bond acceptors (Lipinski definition) is 3. The standard InChI is InChI=1S/C7H8N2O2.C2H6/c1-6(10)9-8-5-7-3-2-4-11-7;1-2/h2-5H,1H3,(H,9,10);1-2H3/b8-5-;. The summed E-state index contributed by atoms with van der Waals surface area (Å²) < 4.78 is 4.91. The van der Waals surface area contributed by atoms with E-state index in [9.17, 15) is 4.79 Å². The van der Waals surface area contributed by atoms with Crippen molar-refractivity contribution in [2.45, 2.75) is 20.8 Å². The summed E-state index contributed by atoms with van der Waals surface area (Å²) in [7, 11) is 0. The average Bonchev–Trinajstić information content (AvgIpc) is 2.60. The second kappa shape index (κ2) is 7.09. The summed E-state index contributed by atoms with van der Waals surface area (Å²) in [6, 6.07) is 3.49. The van der Waals surface area contributed by atoms with Crippen molar-refractivity contribution >= 4 is 12.1 Å². The highest BCUT2D eigenvalue weighted by molar-refractivity contribution is 5.78. The van der Waals surface area contributed by atoms with Crippen molar-refractivity contribution < 1.29 is 9.21 Å². The Hall–Kier alpha value is -1.58. The predicted molar refractivity (Wildman–Crippen MR) is 51.5 cm³/mol. The number of rotatable bonds is 2. The van der Waals surface area contributed by atoms with E-state index in [1.54, 1.807) is 12.1 Å². The van der Waals surface area contributed by atoms with Gasteiger partial charge >= 0.3 is 0 Å². The van der Waals surface area contributed by atoms with E-state index in [0.717, 1.165) is 0 Å². The molecule has 0 saturated carbocycles. The molecule has 1 aromatic heterocycles. The van der Waals surface area contributed by atoms with E-state index in [-0.39, 0.29) is 5.91 Å². The number of carbonyl (C=O) groups excluding carboxylic acids is 1. The molecule has 72 valence electrons. The fraction of sp³-hybridized carbons (Fsp3) is 0.333. The Balaban J connectivity index is 0.000000671. The molecule has 1 rings (SSSR count). The molecule has 0 bridgehead atoms. The minimum absolute atomic E-state index is 0.201. The molecule has 0 aliphatic heterocycles. The van der Waals surface area contributed by atoms with Crippen LogP contribution in [0.5, 0.6) is 0 Å². The topological polar surface area (TPSA) is 54.6 Å². The molecule has 0 saturated heterocycles. The van der Waals surface area contributed by atoms with Gasteiger partial charge in [0.15, 0.2) is 0 Å². The normalized spacial score (nSPS) is 9.15. The summed E-state index contributed by atoms with van der Waals surface area (Å²) in [5, 5.41) is 3.60. The Morgan fingerprint density at radius 3 is 2.77 bits per heavy atom. The smallest absolute Gasteiger partial charge is 0.236 e. The summed E-state index contributed by atoms with van der Waals surface area (Å²) in [5.41, 5.74) is 2.25. The SMILES string of the molecule is CC.CC(=O)N/N=C\c1ccco1. The molecule has 1 amide bonds. The first-order valence-electron chi connectivity index (χ1n) is 4.12. The van der Waals surface area contributed by atoms with Crippen molar-refractivity contribution in [3.8, 4) is 0 Å². The Kier molecular flexibility index (Phi) is 6.23. The van der Waals surface area contributed by atoms with Crippen LogP contribution in [0.25, 0.3) is 0 Å². The molecular formula is C9H14N2O2. The van der Waals surface area contributed by atoms with Gasteiger partial charge in [0.25, 0.3) is 0 Å². The van der Waals surface area contributed by atoms with Crippen molar-refractivity contribution in [1.29, 1.82) is 0 Å². The molecule has 4 nitrogen and oxygen atoms in total. The average molecular weight is 182 g/mol. The summed E-state index contributed by atoms with van der Waals surface area (Å²) in [5.74, 6) is 0.409. The third-order valence-corrected chi connectivity index (χ3v) is 0.957. The maximum absolute atomic E-state index is 10.3. The highest BCUT2D eigenvalue weighted by Gasteiger charge is 1.87. The van der Waals surface area contributed by atoms with Crippen LogP contribution >= 0.6 is 0 Å². The lowest BCUT2D eigenvalue weighted by molar-refractivity contribution is -0.118. The molecule has 13 heavy (non-hydrogen) atoms. The van der Waals surface area contributed by atoms with E-state index in [1.807, 2.05) is 13.8 Å². The largest absolute Gasteiger partial charge is 0.463 e. The molecule has 1 heterocycles. The van der Waals surface area contributed by atoms with Gasteiger partial charge in [-0.2, -0.15) is 5.10 Å². The van der Waals surface area contributed by atoms with Crippen LogP contribution in [0.15, 0.2) is 27.9 Å². The van der Waals surface area contributed by atoms with Crippen molar-refractivity contribution in [1.82, 2.24) is 5.43 Å². The number of amides is 1. The zero-order chi connectivity index (χ0) is 10.1. The van der Waals surface area contributed by atoms with Gasteiger partial charge in [-0.1, -0.05) is 13.8 Å². The van der Waals surface area contributed by atoms with Gasteiger partial charge in [0.05, 0.1) is 12.5 Å². The van der Waals surface area contributed by atoms with Gasteiger partial charge in [0.1, 0.15) is 5.76 Å². The molecule has 0 aliphatic rings. The Bertz CT molecular complexity index is 253. The van der Waals surface area contributed by atoms with Crippen molar-refractivity contribution in [2.75, 3.05) is 0 Å². The lowest BCUT2D eigenvalue weighted by Gasteiger charge is -1.87. The van der Waals surface area contributed by atoms with E-state index in [0.29, 0.717) is 5.76 Å². The van der Waals surface area contributed by atoms with Crippen molar-refractivity contribution in [3.63, 3.8) is 0 Å². The van der Waals surface area contributed by atoms with Gasteiger partial charge in [-0.15, -0.1) is 0 Å². The first-order chi connectivity index (χ1) is 6.29. The second-order valence-electron chi connectivity index (χ2n) is 1.94. The summed E-state index contributed by atoms with van der Waals surface area (Å²) in [4.78, 5) is 10.3. The van der Waals surface area contributed by atoms with E-state index < -0.39 is 0 Å². The van der Waals surface area contributed by atoms with Gasteiger partial charge in [-0.3, -0.25) is 4.79 Å². The minimum atomic E-state index is -0.201. The summed E-state index contributed by atoms with van der Waals surface area (Å²) >= 11 is 0. The van der Waals surface area contributed by atoms with Crippen LogP contribution in [-0.4, -0.2) is 12.1 Å². The third kappa shape index (κ3) is 5.66. The number of nitrogens with one attached hydrogen (secondary N) is 1. The number of hydrazone groups is 1. The third-order valence-electron chi connectivity index (χ3n) is 0.957. The zero-order valence-corrected chi connectivity index (χ0v) is 8.07. The van der Waals surface area contributed by atoms with Crippen LogP contribution in [0.1, 0.15) is 26.5 Å². The predicted octanol–water partition coefficient (Wildman–Crippen LogP) is 1.78. The molecule has 0 aromatic carbocycles. The van der Waals surface area contributed by atoms with E-state index >= 15 is 0 Å². The summed E-state index contributed by atoms with van der Waals surface area (Å²) in [6.45, 7) is 5.39. The van der Waals surface area contributed by atoms with Crippen LogP contribution < -0.4 is 5.43 Å². The highest BCUT2D eigenvalue weighted by Crippen LogP contribution is 1.93.